The minimum atomic E-state index is -0.894. The molecule has 22 heavy (non-hydrogen) atoms. The molecule has 1 unspecified atom stereocenters. The van der Waals surface area contributed by atoms with Crippen molar-refractivity contribution < 1.29 is 14.5 Å². The van der Waals surface area contributed by atoms with Gasteiger partial charge in [0, 0.05) is 13.1 Å². The molecular formula is C16H31N4O2+. The maximum atomic E-state index is 12.3. The maximum Gasteiger partial charge on any atom is 0.279 e. The van der Waals surface area contributed by atoms with Gasteiger partial charge in [0.15, 0.2) is 12.6 Å². The first-order valence-electron chi connectivity index (χ1n) is 7.96. The molecule has 6 heteroatoms. The Labute approximate surface area is 134 Å². The van der Waals surface area contributed by atoms with E-state index in [-0.39, 0.29) is 24.3 Å². The fourth-order valence-electron chi connectivity index (χ4n) is 1.97. The van der Waals surface area contributed by atoms with Crippen LogP contribution in [0.15, 0.2) is 0 Å². The van der Waals surface area contributed by atoms with E-state index in [0.29, 0.717) is 13.1 Å². The van der Waals surface area contributed by atoms with Gasteiger partial charge < -0.3 is 15.1 Å². The Hall–Kier alpha value is -1.61. The zero-order valence-corrected chi connectivity index (χ0v) is 15.0. The van der Waals surface area contributed by atoms with Crippen LogP contribution in [0.5, 0.6) is 0 Å². The van der Waals surface area contributed by atoms with Gasteiger partial charge in [0.1, 0.15) is 5.54 Å². The molecule has 0 heterocycles. The lowest BCUT2D eigenvalue weighted by Crippen LogP contribution is -3.15. The van der Waals surface area contributed by atoms with Crippen LogP contribution in [0.2, 0.25) is 0 Å². The molecule has 0 saturated carbocycles. The number of nitrogens with zero attached hydrogens (tertiary/aromatic N) is 2. The second-order valence-corrected chi connectivity index (χ2v) is 6.27. The van der Waals surface area contributed by atoms with Crippen molar-refractivity contribution in [2.45, 2.75) is 53.1 Å². The van der Waals surface area contributed by atoms with Gasteiger partial charge in [0.2, 0.25) is 0 Å². The van der Waals surface area contributed by atoms with Crippen molar-refractivity contribution in [2.24, 2.45) is 5.92 Å². The van der Waals surface area contributed by atoms with Crippen LogP contribution < -0.4 is 10.2 Å². The zero-order valence-electron chi connectivity index (χ0n) is 15.0. The van der Waals surface area contributed by atoms with Crippen LogP contribution in [0, 0.1) is 17.2 Å². The minimum absolute atomic E-state index is 0.00580. The SMILES string of the molecule is CCN(CC)C(=O)C[NH+](C)[C@H](C)C(=O)N[C@@](C)(C#N)C(C)C. The lowest BCUT2D eigenvalue weighted by molar-refractivity contribution is -0.886. The van der Waals surface area contributed by atoms with E-state index in [9.17, 15) is 14.9 Å². The standard InChI is InChI=1S/C16H30N4O2/c1-8-20(9-2)14(21)10-19(7)13(5)15(22)18-16(6,11-17)12(3)4/h12-13H,8-10H2,1-7H3,(H,18,22)/p+1/t13-,16+/m1/s1. The first-order valence-corrected chi connectivity index (χ1v) is 7.96. The summed E-state index contributed by atoms with van der Waals surface area (Å²) in [6.45, 7) is 12.8. The Morgan fingerprint density at radius 1 is 1.27 bits per heavy atom. The lowest BCUT2D eigenvalue weighted by atomic mass is 9.90. The molecule has 0 aromatic rings. The molecular weight excluding hydrogens is 280 g/mol. The maximum absolute atomic E-state index is 12.3. The van der Waals surface area contributed by atoms with Gasteiger partial charge in [-0.3, -0.25) is 9.59 Å². The molecule has 6 nitrogen and oxygen atoms in total. The van der Waals surface area contributed by atoms with Gasteiger partial charge in [-0.1, -0.05) is 13.8 Å². The third kappa shape index (κ3) is 5.30. The normalized spacial score (nSPS) is 16.3. The summed E-state index contributed by atoms with van der Waals surface area (Å²) >= 11 is 0. The smallest absolute Gasteiger partial charge is 0.279 e. The molecule has 0 aliphatic carbocycles. The van der Waals surface area contributed by atoms with Crippen molar-refractivity contribution in [3.63, 3.8) is 0 Å². The van der Waals surface area contributed by atoms with Gasteiger partial charge in [-0.25, -0.2) is 0 Å². The summed E-state index contributed by atoms with van der Waals surface area (Å²) in [6, 6.07) is 1.77. The third-order valence-electron chi connectivity index (χ3n) is 4.45. The van der Waals surface area contributed by atoms with Gasteiger partial charge in [-0.15, -0.1) is 0 Å². The second-order valence-electron chi connectivity index (χ2n) is 6.27. The van der Waals surface area contributed by atoms with Crippen molar-refractivity contribution >= 4 is 11.8 Å². The van der Waals surface area contributed by atoms with Gasteiger partial charge in [-0.2, -0.15) is 5.26 Å². The number of hydrogen-bond donors (Lipinski definition) is 2. The molecule has 0 rings (SSSR count). The summed E-state index contributed by atoms with van der Waals surface area (Å²) in [7, 11) is 1.82. The van der Waals surface area contributed by atoms with E-state index in [2.05, 4.69) is 11.4 Å². The van der Waals surface area contributed by atoms with Crippen molar-refractivity contribution in [3.8, 4) is 6.07 Å². The van der Waals surface area contributed by atoms with Crippen LogP contribution in [0.25, 0.3) is 0 Å². The number of rotatable bonds is 8. The molecule has 0 aliphatic heterocycles. The number of carbonyl (C=O) groups excluding carboxylic acids is 2. The topological polar surface area (TPSA) is 77.6 Å². The highest BCUT2D eigenvalue weighted by atomic mass is 16.2. The Kier molecular flexibility index (Phi) is 8.10. The lowest BCUT2D eigenvalue weighted by Gasteiger charge is -2.30. The fraction of sp³-hybridized carbons (Fsp3) is 0.812. The average molecular weight is 311 g/mol. The van der Waals surface area contributed by atoms with E-state index in [4.69, 9.17) is 0 Å². The Balaban J connectivity index is 4.76. The highest BCUT2D eigenvalue weighted by molar-refractivity contribution is 5.82. The molecule has 2 N–H and O–H groups in total. The van der Waals surface area contributed by atoms with E-state index in [1.807, 2.05) is 34.7 Å². The molecule has 3 atom stereocenters. The molecule has 2 amide bonds. The summed E-state index contributed by atoms with van der Waals surface area (Å²) in [5, 5.41) is 12.1. The molecule has 0 radical (unpaired) electrons. The number of likely N-dealkylation sites (N-methyl/N-ethyl adjacent to an activating group) is 2. The molecule has 0 saturated heterocycles. The van der Waals surface area contributed by atoms with Crippen molar-refractivity contribution in [1.29, 1.82) is 5.26 Å². The van der Waals surface area contributed by atoms with Crippen LogP contribution in [0.4, 0.5) is 0 Å². The molecule has 0 aromatic heterocycles. The number of amides is 2. The molecule has 0 bridgehead atoms. The van der Waals surface area contributed by atoms with Gasteiger partial charge in [0.05, 0.1) is 13.1 Å². The number of quaternary nitrogens is 1. The largest absolute Gasteiger partial charge is 0.338 e. The fourth-order valence-corrected chi connectivity index (χ4v) is 1.97. The number of nitrogens with one attached hydrogen (secondary N) is 2. The quantitative estimate of drug-likeness (QED) is 0.652. The molecule has 0 aliphatic rings. The summed E-state index contributed by atoms with van der Waals surface area (Å²) in [5.74, 6) is -0.164. The van der Waals surface area contributed by atoms with E-state index in [1.54, 1.807) is 18.7 Å². The Morgan fingerprint density at radius 2 is 1.77 bits per heavy atom. The highest BCUT2D eigenvalue weighted by Gasteiger charge is 2.34. The predicted octanol–water partition coefficient (Wildman–Crippen LogP) is -0.188. The zero-order chi connectivity index (χ0) is 17.5. The summed E-state index contributed by atoms with van der Waals surface area (Å²) in [4.78, 5) is 27.0. The molecule has 126 valence electrons. The van der Waals surface area contributed by atoms with Crippen molar-refractivity contribution in [3.05, 3.63) is 0 Å². The van der Waals surface area contributed by atoms with Gasteiger partial charge in [-0.05, 0) is 33.6 Å². The first kappa shape index (κ1) is 20.4. The first-order chi connectivity index (χ1) is 10.1. The van der Waals surface area contributed by atoms with Crippen molar-refractivity contribution in [1.82, 2.24) is 10.2 Å². The molecule has 0 spiro atoms. The number of carbonyl (C=O) groups is 2. The highest BCUT2D eigenvalue weighted by Crippen LogP contribution is 2.14. The summed E-state index contributed by atoms with van der Waals surface area (Å²) in [5.41, 5.74) is -0.894. The van der Waals surface area contributed by atoms with Gasteiger partial charge in [0.25, 0.3) is 11.8 Å². The van der Waals surface area contributed by atoms with Crippen LogP contribution in [-0.4, -0.2) is 55.0 Å². The number of nitriles is 1. The van der Waals surface area contributed by atoms with Crippen LogP contribution in [0.1, 0.15) is 41.5 Å². The third-order valence-corrected chi connectivity index (χ3v) is 4.45. The van der Waals surface area contributed by atoms with E-state index >= 15 is 0 Å². The Morgan fingerprint density at radius 3 is 2.14 bits per heavy atom. The van der Waals surface area contributed by atoms with Crippen LogP contribution in [-0.2, 0) is 9.59 Å². The average Bonchev–Trinajstić information content (AvgIpc) is 2.46. The van der Waals surface area contributed by atoms with E-state index in [0.717, 1.165) is 4.90 Å². The molecule has 0 aromatic carbocycles. The summed E-state index contributed by atoms with van der Waals surface area (Å²) in [6.07, 6.45) is 0. The predicted molar refractivity (Wildman–Crippen MR) is 86.1 cm³/mol. The van der Waals surface area contributed by atoms with Crippen LogP contribution in [0.3, 0.4) is 0 Å². The second kappa shape index (κ2) is 8.74. The minimum Gasteiger partial charge on any atom is -0.338 e. The van der Waals surface area contributed by atoms with Gasteiger partial charge >= 0.3 is 0 Å². The molecule has 0 fully saturated rings. The van der Waals surface area contributed by atoms with Crippen molar-refractivity contribution in [2.75, 3.05) is 26.7 Å². The number of hydrogen-bond acceptors (Lipinski definition) is 3. The monoisotopic (exact) mass is 311 g/mol. The van der Waals surface area contributed by atoms with Crippen LogP contribution >= 0.6 is 0 Å². The van der Waals surface area contributed by atoms with E-state index in [1.165, 1.54) is 0 Å². The van der Waals surface area contributed by atoms with E-state index < -0.39 is 11.6 Å². The Bertz CT molecular complexity index is 426. The summed E-state index contributed by atoms with van der Waals surface area (Å²) < 4.78 is 0.